The van der Waals surface area contributed by atoms with Gasteiger partial charge in [0, 0.05) is 45.2 Å². The number of hydrogen-bond acceptors (Lipinski definition) is 5. The van der Waals surface area contributed by atoms with Gasteiger partial charge in [-0.3, -0.25) is 9.69 Å². The van der Waals surface area contributed by atoms with Gasteiger partial charge in [0.15, 0.2) is 0 Å². The molecule has 2 rings (SSSR count). The van der Waals surface area contributed by atoms with Gasteiger partial charge in [-0.2, -0.15) is 0 Å². The molecule has 1 saturated heterocycles. The van der Waals surface area contributed by atoms with Gasteiger partial charge >= 0.3 is 12.1 Å². The number of hydrogen-bond donors (Lipinski definition) is 0. The number of carbonyl (C=O) groups is 2. The van der Waals surface area contributed by atoms with Gasteiger partial charge < -0.3 is 14.4 Å². The second-order valence-electron chi connectivity index (χ2n) is 7.30. The number of esters is 1. The Labute approximate surface area is 149 Å². The third-order valence-electron chi connectivity index (χ3n) is 3.86. The van der Waals surface area contributed by atoms with Gasteiger partial charge in [0.25, 0.3) is 0 Å². The summed E-state index contributed by atoms with van der Waals surface area (Å²) in [6, 6.07) is 7.57. The molecule has 1 aromatic carbocycles. The summed E-state index contributed by atoms with van der Waals surface area (Å²) >= 11 is 0. The van der Waals surface area contributed by atoms with Crippen molar-refractivity contribution < 1.29 is 19.1 Å². The Hall–Kier alpha value is -2.08. The molecule has 0 N–H and O–H groups in total. The highest BCUT2D eigenvalue weighted by atomic mass is 16.6. The highest BCUT2D eigenvalue weighted by Crippen LogP contribution is 2.21. The molecular formula is C19H28N2O4. The highest BCUT2D eigenvalue weighted by molar-refractivity contribution is 5.69. The third-order valence-corrected chi connectivity index (χ3v) is 3.86. The summed E-state index contributed by atoms with van der Waals surface area (Å²) in [6.45, 7) is 10.7. The minimum Gasteiger partial charge on any atom is -0.444 e. The normalized spacial score (nSPS) is 16.2. The first-order valence-corrected chi connectivity index (χ1v) is 8.71. The number of amides is 1. The van der Waals surface area contributed by atoms with Crippen LogP contribution in [-0.4, -0.2) is 53.6 Å². The fraction of sp³-hybridized carbons (Fsp3) is 0.579. The molecule has 0 unspecified atom stereocenters. The Balaban J connectivity index is 1.96. The van der Waals surface area contributed by atoms with E-state index in [-0.39, 0.29) is 12.1 Å². The van der Waals surface area contributed by atoms with E-state index in [2.05, 4.69) is 4.90 Å². The quantitative estimate of drug-likeness (QED) is 0.621. The zero-order chi connectivity index (χ0) is 18.4. The number of rotatable bonds is 3. The predicted molar refractivity (Wildman–Crippen MR) is 95.5 cm³/mol. The van der Waals surface area contributed by atoms with E-state index in [0.29, 0.717) is 25.4 Å². The molecule has 1 aliphatic heterocycles. The van der Waals surface area contributed by atoms with Crippen molar-refractivity contribution in [1.29, 1.82) is 0 Å². The van der Waals surface area contributed by atoms with Gasteiger partial charge in [0.1, 0.15) is 11.4 Å². The van der Waals surface area contributed by atoms with Crippen molar-refractivity contribution in [3.05, 3.63) is 29.8 Å². The molecule has 0 bridgehead atoms. The lowest BCUT2D eigenvalue weighted by Crippen LogP contribution is -2.39. The van der Waals surface area contributed by atoms with Crippen molar-refractivity contribution in [2.24, 2.45) is 0 Å². The molecule has 25 heavy (non-hydrogen) atoms. The lowest BCUT2D eigenvalue weighted by atomic mass is 10.2. The van der Waals surface area contributed by atoms with Crippen molar-refractivity contribution in [2.75, 3.05) is 26.2 Å². The number of carbonyl (C=O) groups excluding carboxylic acids is 2. The van der Waals surface area contributed by atoms with Crippen molar-refractivity contribution in [3.63, 3.8) is 0 Å². The van der Waals surface area contributed by atoms with Crippen LogP contribution in [0, 0.1) is 0 Å². The molecule has 1 aromatic rings. The number of para-hydroxylation sites is 1. The smallest absolute Gasteiger partial charge is 0.410 e. The first kappa shape index (κ1) is 19.2. The lowest BCUT2D eigenvalue weighted by Gasteiger charge is -2.26. The second kappa shape index (κ2) is 8.34. The van der Waals surface area contributed by atoms with E-state index in [4.69, 9.17) is 9.47 Å². The standard InChI is InChI=1S/C19H28N2O4/c1-15(22)24-17-9-6-5-8-16(17)14-20-10-7-11-21(13-12-20)18(23)25-19(2,3)4/h5-6,8-9H,7,10-14H2,1-4H3. The van der Waals surface area contributed by atoms with Crippen LogP contribution in [0.1, 0.15) is 39.7 Å². The van der Waals surface area contributed by atoms with Crippen LogP contribution in [0.5, 0.6) is 5.75 Å². The summed E-state index contributed by atoms with van der Waals surface area (Å²) in [5.74, 6) is 0.280. The third kappa shape index (κ3) is 6.38. The van der Waals surface area contributed by atoms with E-state index < -0.39 is 5.60 Å². The molecule has 0 aromatic heterocycles. The molecule has 0 spiro atoms. The van der Waals surface area contributed by atoms with Crippen LogP contribution < -0.4 is 4.74 Å². The molecule has 1 fully saturated rings. The van der Waals surface area contributed by atoms with Crippen LogP contribution in [0.4, 0.5) is 4.79 Å². The molecule has 1 aliphatic rings. The van der Waals surface area contributed by atoms with Gasteiger partial charge in [0.05, 0.1) is 0 Å². The van der Waals surface area contributed by atoms with Gasteiger partial charge in [-0.15, -0.1) is 0 Å². The molecule has 0 saturated carbocycles. The number of ether oxygens (including phenoxy) is 2. The summed E-state index contributed by atoms with van der Waals surface area (Å²) in [5, 5.41) is 0. The molecule has 1 heterocycles. The van der Waals surface area contributed by atoms with Crippen LogP contribution >= 0.6 is 0 Å². The number of nitrogens with zero attached hydrogens (tertiary/aromatic N) is 2. The van der Waals surface area contributed by atoms with Crippen molar-refractivity contribution in [2.45, 2.75) is 46.3 Å². The Bertz CT molecular complexity index is 610. The van der Waals surface area contributed by atoms with E-state index >= 15 is 0 Å². The van der Waals surface area contributed by atoms with E-state index in [1.54, 1.807) is 4.90 Å². The average molecular weight is 348 g/mol. The SMILES string of the molecule is CC(=O)Oc1ccccc1CN1CCCN(C(=O)OC(C)(C)C)CC1. The van der Waals surface area contributed by atoms with E-state index in [9.17, 15) is 9.59 Å². The minimum absolute atomic E-state index is 0.255. The van der Waals surface area contributed by atoms with Crippen LogP contribution in [0.15, 0.2) is 24.3 Å². The molecule has 0 radical (unpaired) electrons. The molecule has 0 atom stereocenters. The van der Waals surface area contributed by atoms with Gasteiger partial charge in [-0.25, -0.2) is 4.79 Å². The Morgan fingerprint density at radius 3 is 2.48 bits per heavy atom. The maximum atomic E-state index is 12.2. The summed E-state index contributed by atoms with van der Waals surface area (Å²) < 4.78 is 10.7. The summed E-state index contributed by atoms with van der Waals surface area (Å²) in [5.41, 5.74) is 0.495. The van der Waals surface area contributed by atoms with Crippen LogP contribution in [0.2, 0.25) is 0 Å². The Kier molecular flexibility index (Phi) is 6.42. The van der Waals surface area contributed by atoms with Gasteiger partial charge in [-0.05, 0) is 33.3 Å². The minimum atomic E-state index is -0.480. The topological polar surface area (TPSA) is 59.1 Å². The van der Waals surface area contributed by atoms with Crippen LogP contribution in [0.3, 0.4) is 0 Å². The van der Waals surface area contributed by atoms with E-state index in [0.717, 1.165) is 25.1 Å². The predicted octanol–water partition coefficient (Wildman–Crippen LogP) is 3.05. The fourth-order valence-corrected chi connectivity index (χ4v) is 2.77. The maximum Gasteiger partial charge on any atom is 0.410 e. The summed E-state index contributed by atoms with van der Waals surface area (Å²) in [6.07, 6.45) is 0.629. The zero-order valence-corrected chi connectivity index (χ0v) is 15.6. The van der Waals surface area contributed by atoms with Crippen LogP contribution in [0.25, 0.3) is 0 Å². The maximum absolute atomic E-state index is 12.2. The first-order valence-electron chi connectivity index (χ1n) is 8.71. The van der Waals surface area contributed by atoms with E-state index in [1.165, 1.54) is 6.92 Å². The second-order valence-corrected chi connectivity index (χ2v) is 7.30. The molecular weight excluding hydrogens is 320 g/mol. The Morgan fingerprint density at radius 1 is 1.08 bits per heavy atom. The van der Waals surface area contributed by atoms with Crippen molar-refractivity contribution in [3.8, 4) is 5.75 Å². The largest absolute Gasteiger partial charge is 0.444 e. The van der Waals surface area contributed by atoms with Crippen molar-refractivity contribution in [1.82, 2.24) is 9.80 Å². The highest BCUT2D eigenvalue weighted by Gasteiger charge is 2.24. The Morgan fingerprint density at radius 2 is 1.80 bits per heavy atom. The summed E-state index contributed by atoms with van der Waals surface area (Å²) in [7, 11) is 0. The van der Waals surface area contributed by atoms with Crippen molar-refractivity contribution >= 4 is 12.1 Å². The first-order chi connectivity index (χ1) is 11.7. The molecule has 6 nitrogen and oxygen atoms in total. The monoisotopic (exact) mass is 348 g/mol. The van der Waals surface area contributed by atoms with E-state index in [1.807, 2.05) is 45.0 Å². The average Bonchev–Trinajstić information content (AvgIpc) is 2.73. The molecule has 138 valence electrons. The fourth-order valence-electron chi connectivity index (χ4n) is 2.77. The molecule has 1 amide bonds. The lowest BCUT2D eigenvalue weighted by molar-refractivity contribution is -0.131. The number of benzene rings is 1. The van der Waals surface area contributed by atoms with Gasteiger partial charge in [-0.1, -0.05) is 18.2 Å². The van der Waals surface area contributed by atoms with Crippen LogP contribution in [-0.2, 0) is 16.1 Å². The molecule has 0 aliphatic carbocycles. The zero-order valence-electron chi connectivity index (χ0n) is 15.6. The summed E-state index contributed by atoms with van der Waals surface area (Å²) in [4.78, 5) is 27.5. The molecule has 6 heteroatoms. The van der Waals surface area contributed by atoms with Gasteiger partial charge in [0.2, 0.25) is 0 Å².